The van der Waals surface area contributed by atoms with Crippen LogP contribution in [0.25, 0.3) is 0 Å². The Hall–Kier alpha value is -1.79. The monoisotopic (exact) mass is 394 g/mol. The van der Waals surface area contributed by atoms with Crippen molar-refractivity contribution in [2.45, 2.75) is 103 Å². The predicted octanol–water partition coefficient (Wildman–Crippen LogP) is 3.31. The summed E-state index contributed by atoms with van der Waals surface area (Å²) in [6, 6.07) is -1.57. The summed E-state index contributed by atoms with van der Waals surface area (Å²) in [5, 5.41) is 12.6. The Morgan fingerprint density at radius 1 is 1.14 bits per heavy atom. The summed E-state index contributed by atoms with van der Waals surface area (Å²) in [6.45, 7) is 7.39. The number of rotatable bonds is 4. The molecule has 2 N–H and O–H groups in total. The molecular weight excluding hydrogens is 360 g/mol. The van der Waals surface area contributed by atoms with Crippen LogP contribution in [0.2, 0.25) is 0 Å². The van der Waals surface area contributed by atoms with Gasteiger partial charge in [0.1, 0.15) is 17.7 Å². The lowest BCUT2D eigenvalue weighted by Crippen LogP contribution is -2.61. The van der Waals surface area contributed by atoms with Crippen molar-refractivity contribution in [1.29, 1.82) is 0 Å². The average Bonchev–Trinajstić information content (AvgIpc) is 3.19. The first-order valence-corrected chi connectivity index (χ1v) is 10.6. The van der Waals surface area contributed by atoms with Crippen LogP contribution in [0.4, 0.5) is 4.79 Å². The fourth-order valence-corrected chi connectivity index (χ4v) is 5.38. The van der Waals surface area contributed by atoms with E-state index in [1.165, 1.54) is 0 Å². The second kappa shape index (κ2) is 7.56. The van der Waals surface area contributed by atoms with E-state index in [0.29, 0.717) is 0 Å². The third-order valence-corrected chi connectivity index (χ3v) is 6.69. The van der Waals surface area contributed by atoms with Crippen molar-refractivity contribution in [2.75, 3.05) is 0 Å². The lowest BCUT2D eigenvalue weighted by atomic mass is 9.70. The van der Waals surface area contributed by atoms with Gasteiger partial charge in [0.15, 0.2) is 0 Å². The number of carboxylic acid groups (broad SMARTS) is 1. The number of nitrogens with zero attached hydrogens (tertiary/aromatic N) is 1. The van der Waals surface area contributed by atoms with Crippen LogP contribution in [0.1, 0.15) is 79.1 Å². The van der Waals surface area contributed by atoms with Crippen LogP contribution >= 0.6 is 0 Å². The van der Waals surface area contributed by atoms with Crippen LogP contribution in [0.5, 0.6) is 0 Å². The number of likely N-dealkylation sites (tertiary alicyclic amines) is 1. The van der Waals surface area contributed by atoms with Gasteiger partial charge in [-0.05, 0) is 64.2 Å². The van der Waals surface area contributed by atoms with E-state index in [2.05, 4.69) is 5.32 Å². The van der Waals surface area contributed by atoms with E-state index >= 15 is 0 Å². The van der Waals surface area contributed by atoms with Gasteiger partial charge in [-0.15, -0.1) is 0 Å². The quantitative estimate of drug-likeness (QED) is 0.763. The molecule has 0 aromatic rings. The summed E-state index contributed by atoms with van der Waals surface area (Å²) in [4.78, 5) is 39.6. The largest absolute Gasteiger partial charge is 0.480 e. The minimum absolute atomic E-state index is 0.0211. The second-order valence-electron chi connectivity index (χ2n) is 10.0. The Kier molecular flexibility index (Phi) is 5.65. The van der Waals surface area contributed by atoms with Gasteiger partial charge in [0.05, 0.1) is 0 Å². The standard InChI is InChI=1S/C21H34N2O5/c1-20(2,3)28-19(27)22-16(21(4)10-6-5-7-11-21)17(24)23-14-9-8-13(12-14)15(23)18(25)26/h13-16H,5-12H2,1-4H3,(H,22,27)(H,25,26)/t13-,14+,15-,16+/m0/s1. The Morgan fingerprint density at radius 3 is 2.36 bits per heavy atom. The van der Waals surface area contributed by atoms with Crippen molar-refractivity contribution in [3.63, 3.8) is 0 Å². The number of fused-ring (bicyclic) bond motifs is 2. The number of ether oxygens (including phenoxy) is 1. The summed E-state index contributed by atoms with van der Waals surface area (Å²) < 4.78 is 5.42. The Bertz CT molecular complexity index is 635. The van der Waals surface area contributed by atoms with Gasteiger partial charge in [-0.25, -0.2) is 9.59 Å². The van der Waals surface area contributed by atoms with Crippen molar-refractivity contribution in [2.24, 2.45) is 11.3 Å². The average molecular weight is 395 g/mol. The van der Waals surface area contributed by atoms with E-state index in [0.717, 1.165) is 51.4 Å². The molecular formula is C21H34N2O5. The van der Waals surface area contributed by atoms with Crippen LogP contribution in [0.3, 0.4) is 0 Å². The molecule has 0 spiro atoms. The maximum atomic E-state index is 13.6. The zero-order chi connectivity index (χ0) is 20.7. The number of hydrogen-bond donors (Lipinski definition) is 2. The number of carbonyl (C=O) groups is 3. The number of piperidine rings is 1. The normalized spacial score (nSPS) is 30.0. The number of amides is 2. The molecule has 3 rings (SSSR count). The Morgan fingerprint density at radius 2 is 1.79 bits per heavy atom. The Balaban J connectivity index is 1.86. The van der Waals surface area contributed by atoms with Crippen LogP contribution in [-0.2, 0) is 14.3 Å². The maximum Gasteiger partial charge on any atom is 0.408 e. The summed E-state index contributed by atoms with van der Waals surface area (Å²) >= 11 is 0. The van der Waals surface area contributed by atoms with E-state index in [4.69, 9.17) is 4.74 Å². The van der Waals surface area contributed by atoms with Gasteiger partial charge in [-0.3, -0.25) is 4.79 Å². The number of hydrogen-bond acceptors (Lipinski definition) is 4. The summed E-state index contributed by atoms with van der Waals surface area (Å²) in [7, 11) is 0. The number of aliphatic carboxylic acids is 1. The predicted molar refractivity (Wildman–Crippen MR) is 104 cm³/mol. The molecule has 2 saturated carbocycles. The number of carboxylic acids is 1. The van der Waals surface area contributed by atoms with Crippen molar-refractivity contribution in [1.82, 2.24) is 10.2 Å². The topological polar surface area (TPSA) is 95.9 Å². The van der Waals surface area contributed by atoms with E-state index in [9.17, 15) is 19.5 Å². The maximum absolute atomic E-state index is 13.6. The van der Waals surface area contributed by atoms with Gasteiger partial charge >= 0.3 is 12.1 Å². The van der Waals surface area contributed by atoms with Gasteiger partial charge in [-0.2, -0.15) is 0 Å². The third kappa shape index (κ3) is 4.13. The van der Waals surface area contributed by atoms with E-state index in [1.54, 1.807) is 25.7 Å². The third-order valence-electron chi connectivity index (χ3n) is 6.69. The van der Waals surface area contributed by atoms with Crippen LogP contribution in [0, 0.1) is 11.3 Å². The van der Waals surface area contributed by atoms with Crippen LogP contribution in [-0.4, -0.2) is 51.7 Å². The van der Waals surface area contributed by atoms with Gasteiger partial charge in [0.2, 0.25) is 5.91 Å². The lowest BCUT2D eigenvalue weighted by molar-refractivity contribution is -0.155. The highest BCUT2D eigenvalue weighted by Crippen LogP contribution is 2.45. The van der Waals surface area contributed by atoms with Crippen LogP contribution < -0.4 is 5.32 Å². The van der Waals surface area contributed by atoms with Crippen molar-refractivity contribution in [3.05, 3.63) is 0 Å². The molecule has 3 fully saturated rings. The molecule has 158 valence electrons. The summed E-state index contributed by atoms with van der Waals surface area (Å²) in [5.74, 6) is -1.17. The molecule has 7 heteroatoms. The molecule has 2 aliphatic carbocycles. The highest BCUT2D eigenvalue weighted by atomic mass is 16.6. The highest BCUT2D eigenvalue weighted by Gasteiger charge is 2.55. The van der Waals surface area contributed by atoms with Gasteiger partial charge in [-0.1, -0.05) is 26.2 Å². The highest BCUT2D eigenvalue weighted by molar-refractivity contribution is 5.91. The molecule has 1 aliphatic heterocycles. The smallest absolute Gasteiger partial charge is 0.408 e. The number of carbonyl (C=O) groups excluding carboxylic acids is 2. The molecule has 0 aromatic heterocycles. The molecule has 1 saturated heterocycles. The van der Waals surface area contributed by atoms with Crippen LogP contribution in [0.15, 0.2) is 0 Å². The molecule has 1 heterocycles. The first kappa shape index (κ1) is 20.9. The zero-order valence-electron chi connectivity index (χ0n) is 17.5. The molecule has 3 aliphatic rings. The molecule has 4 atom stereocenters. The molecule has 2 bridgehead atoms. The van der Waals surface area contributed by atoms with Gasteiger partial charge < -0.3 is 20.1 Å². The van der Waals surface area contributed by atoms with E-state index in [-0.39, 0.29) is 17.9 Å². The molecule has 7 nitrogen and oxygen atoms in total. The number of alkyl carbamates (subject to hydrolysis) is 1. The SMILES string of the molecule is CC(C)(C)OC(=O)N[C@H](C(=O)N1[C@@H]2CC[C@@H](C2)[C@H]1C(=O)O)C1(C)CCCCC1. The first-order valence-electron chi connectivity index (χ1n) is 10.6. The minimum atomic E-state index is -0.939. The fraction of sp³-hybridized carbons (Fsp3) is 0.857. The molecule has 0 aromatic carbocycles. The van der Waals surface area contributed by atoms with Gasteiger partial charge in [0, 0.05) is 6.04 Å². The van der Waals surface area contributed by atoms with E-state index < -0.39 is 35.2 Å². The van der Waals surface area contributed by atoms with E-state index in [1.807, 2.05) is 6.92 Å². The van der Waals surface area contributed by atoms with Crippen molar-refractivity contribution in [3.8, 4) is 0 Å². The summed E-state index contributed by atoms with van der Waals surface area (Å²) in [6.07, 6.45) is 6.62. The summed E-state index contributed by atoms with van der Waals surface area (Å²) in [5.41, 5.74) is -1.06. The van der Waals surface area contributed by atoms with Crippen molar-refractivity contribution >= 4 is 18.0 Å². The molecule has 0 radical (unpaired) electrons. The van der Waals surface area contributed by atoms with Gasteiger partial charge in [0.25, 0.3) is 0 Å². The second-order valence-corrected chi connectivity index (χ2v) is 10.0. The zero-order valence-corrected chi connectivity index (χ0v) is 17.5. The molecule has 28 heavy (non-hydrogen) atoms. The molecule has 0 unspecified atom stereocenters. The number of nitrogens with one attached hydrogen (secondary N) is 1. The minimum Gasteiger partial charge on any atom is -0.480 e. The van der Waals surface area contributed by atoms with Crippen molar-refractivity contribution < 1.29 is 24.2 Å². The lowest BCUT2D eigenvalue weighted by Gasteiger charge is -2.44. The Labute approximate surface area is 167 Å². The first-order chi connectivity index (χ1) is 13.0. The fourth-order valence-electron chi connectivity index (χ4n) is 5.38. The molecule has 2 amide bonds.